The van der Waals surface area contributed by atoms with Crippen LogP contribution in [0.3, 0.4) is 0 Å². The molecule has 0 radical (unpaired) electrons. The number of aliphatic hydroxyl groups is 1. The first kappa shape index (κ1) is 11.4. The zero-order valence-corrected chi connectivity index (χ0v) is 7.88. The molecule has 3 nitrogen and oxygen atoms in total. The number of rotatable bonds is 6. The molecule has 0 aliphatic rings. The van der Waals surface area contributed by atoms with Crippen LogP contribution in [0.2, 0.25) is 0 Å². The van der Waals surface area contributed by atoms with Crippen LogP contribution in [0.1, 0.15) is 39.5 Å². The molecule has 0 aliphatic carbocycles. The second-order valence-electron chi connectivity index (χ2n) is 2.92. The maximum Gasteiger partial charge on any atom is 0.302 e. The number of esters is 1. The first-order valence-electron chi connectivity index (χ1n) is 4.48. The molecule has 0 saturated heterocycles. The number of carbonyl (C=O) groups excluding carboxylic acids is 1. The van der Waals surface area contributed by atoms with Gasteiger partial charge < -0.3 is 9.84 Å². The van der Waals surface area contributed by atoms with Gasteiger partial charge in [0.25, 0.3) is 0 Å². The second-order valence-corrected chi connectivity index (χ2v) is 2.92. The van der Waals surface area contributed by atoms with E-state index in [1.807, 2.05) is 0 Å². The Morgan fingerprint density at radius 1 is 1.50 bits per heavy atom. The van der Waals surface area contributed by atoms with E-state index in [1.165, 1.54) is 6.92 Å². The van der Waals surface area contributed by atoms with Gasteiger partial charge in [-0.05, 0) is 6.42 Å². The summed E-state index contributed by atoms with van der Waals surface area (Å²) in [4.78, 5) is 10.3. The monoisotopic (exact) mass is 174 g/mol. The first-order valence-corrected chi connectivity index (χ1v) is 4.48. The van der Waals surface area contributed by atoms with Gasteiger partial charge >= 0.3 is 5.97 Å². The lowest BCUT2D eigenvalue weighted by Crippen LogP contribution is -2.11. The van der Waals surface area contributed by atoms with Gasteiger partial charge in [-0.1, -0.05) is 19.8 Å². The highest BCUT2D eigenvalue weighted by molar-refractivity contribution is 5.65. The van der Waals surface area contributed by atoms with E-state index in [0.717, 1.165) is 19.3 Å². The Bertz CT molecular complexity index is 123. The minimum Gasteiger partial charge on any atom is -0.466 e. The molecule has 0 aromatic heterocycles. The third kappa shape index (κ3) is 7.54. The molecule has 0 fully saturated rings. The Labute approximate surface area is 73.7 Å². The summed E-state index contributed by atoms with van der Waals surface area (Å²) in [6.45, 7) is 3.79. The van der Waals surface area contributed by atoms with Crippen LogP contribution in [-0.4, -0.2) is 23.8 Å². The third-order valence-electron chi connectivity index (χ3n) is 1.65. The highest BCUT2D eigenvalue weighted by Gasteiger charge is 2.03. The molecular weight excluding hydrogens is 156 g/mol. The Morgan fingerprint density at radius 3 is 2.67 bits per heavy atom. The zero-order valence-electron chi connectivity index (χ0n) is 7.88. The smallest absolute Gasteiger partial charge is 0.302 e. The van der Waals surface area contributed by atoms with Gasteiger partial charge in [-0.2, -0.15) is 0 Å². The van der Waals surface area contributed by atoms with Crippen LogP contribution in [0.5, 0.6) is 0 Å². The standard InChI is InChI=1S/C9H18O3/c1-3-4-5-9(11)6-7-12-8(2)10/h9,11H,3-7H2,1-2H3. The molecule has 1 atom stereocenters. The molecule has 72 valence electrons. The van der Waals surface area contributed by atoms with Crippen LogP contribution in [0.25, 0.3) is 0 Å². The predicted molar refractivity (Wildman–Crippen MR) is 46.8 cm³/mol. The summed E-state index contributed by atoms with van der Waals surface area (Å²) in [6.07, 6.45) is 3.16. The molecule has 3 heteroatoms. The van der Waals surface area contributed by atoms with Crippen molar-refractivity contribution < 1.29 is 14.6 Å². The van der Waals surface area contributed by atoms with Crippen molar-refractivity contribution in [2.45, 2.75) is 45.6 Å². The molecule has 0 amide bonds. The lowest BCUT2D eigenvalue weighted by molar-refractivity contribution is -0.141. The van der Waals surface area contributed by atoms with Crippen molar-refractivity contribution >= 4 is 5.97 Å². The number of aliphatic hydroxyl groups excluding tert-OH is 1. The lowest BCUT2D eigenvalue weighted by Gasteiger charge is -2.08. The number of unbranched alkanes of at least 4 members (excludes halogenated alkanes) is 1. The molecule has 0 heterocycles. The van der Waals surface area contributed by atoms with E-state index in [2.05, 4.69) is 6.92 Å². The largest absolute Gasteiger partial charge is 0.466 e. The first-order chi connectivity index (χ1) is 5.66. The summed E-state index contributed by atoms with van der Waals surface area (Å²) in [7, 11) is 0. The quantitative estimate of drug-likeness (QED) is 0.620. The van der Waals surface area contributed by atoms with Gasteiger partial charge in [-0.15, -0.1) is 0 Å². The molecule has 1 unspecified atom stereocenters. The van der Waals surface area contributed by atoms with E-state index >= 15 is 0 Å². The van der Waals surface area contributed by atoms with E-state index in [-0.39, 0.29) is 12.1 Å². The van der Waals surface area contributed by atoms with Crippen LogP contribution in [0, 0.1) is 0 Å². The average molecular weight is 174 g/mol. The van der Waals surface area contributed by atoms with E-state index in [0.29, 0.717) is 13.0 Å². The molecule has 12 heavy (non-hydrogen) atoms. The van der Waals surface area contributed by atoms with E-state index in [9.17, 15) is 9.90 Å². The topological polar surface area (TPSA) is 46.5 Å². The molecule has 0 aromatic rings. The molecular formula is C9H18O3. The van der Waals surface area contributed by atoms with Crippen LogP contribution < -0.4 is 0 Å². The fraction of sp³-hybridized carbons (Fsp3) is 0.889. The number of hydrogen-bond acceptors (Lipinski definition) is 3. The van der Waals surface area contributed by atoms with Gasteiger partial charge in [-0.25, -0.2) is 0 Å². The third-order valence-corrected chi connectivity index (χ3v) is 1.65. The van der Waals surface area contributed by atoms with E-state index in [4.69, 9.17) is 4.74 Å². The van der Waals surface area contributed by atoms with Crippen molar-refractivity contribution in [2.24, 2.45) is 0 Å². The molecule has 0 aromatic carbocycles. The van der Waals surface area contributed by atoms with Crippen molar-refractivity contribution in [3.63, 3.8) is 0 Å². The summed E-state index contributed by atoms with van der Waals surface area (Å²) < 4.78 is 4.69. The molecule has 0 spiro atoms. The molecule has 1 N–H and O–H groups in total. The van der Waals surface area contributed by atoms with Crippen LogP contribution in [-0.2, 0) is 9.53 Å². The zero-order chi connectivity index (χ0) is 9.40. The number of ether oxygens (including phenoxy) is 1. The van der Waals surface area contributed by atoms with E-state index in [1.54, 1.807) is 0 Å². The maximum atomic E-state index is 10.3. The molecule has 0 rings (SSSR count). The minimum absolute atomic E-state index is 0.280. The predicted octanol–water partition coefficient (Wildman–Crippen LogP) is 1.49. The van der Waals surface area contributed by atoms with Gasteiger partial charge in [0, 0.05) is 13.3 Å². The van der Waals surface area contributed by atoms with Crippen LogP contribution in [0.15, 0.2) is 0 Å². The second kappa shape index (κ2) is 7.10. The maximum absolute atomic E-state index is 10.3. The van der Waals surface area contributed by atoms with Crippen molar-refractivity contribution in [2.75, 3.05) is 6.61 Å². The van der Waals surface area contributed by atoms with Gasteiger partial charge in [-0.3, -0.25) is 4.79 Å². The molecule has 0 bridgehead atoms. The SMILES string of the molecule is CCCCC(O)CCOC(C)=O. The van der Waals surface area contributed by atoms with Crippen LogP contribution >= 0.6 is 0 Å². The Morgan fingerprint density at radius 2 is 2.17 bits per heavy atom. The Kier molecular flexibility index (Phi) is 6.76. The Hall–Kier alpha value is -0.570. The summed E-state index contributed by atoms with van der Waals surface area (Å²) >= 11 is 0. The Balaban J connectivity index is 3.19. The summed E-state index contributed by atoms with van der Waals surface area (Å²) in [5, 5.41) is 9.30. The summed E-state index contributed by atoms with van der Waals surface area (Å²) in [6, 6.07) is 0. The number of carbonyl (C=O) groups is 1. The van der Waals surface area contributed by atoms with E-state index < -0.39 is 0 Å². The van der Waals surface area contributed by atoms with Gasteiger partial charge in [0.1, 0.15) is 0 Å². The van der Waals surface area contributed by atoms with Gasteiger partial charge in [0.15, 0.2) is 0 Å². The molecule has 0 aliphatic heterocycles. The highest BCUT2D eigenvalue weighted by Crippen LogP contribution is 2.03. The minimum atomic E-state index is -0.315. The average Bonchev–Trinajstić information content (AvgIpc) is 2.00. The fourth-order valence-electron chi connectivity index (χ4n) is 0.923. The fourth-order valence-corrected chi connectivity index (χ4v) is 0.923. The lowest BCUT2D eigenvalue weighted by atomic mass is 10.1. The van der Waals surface area contributed by atoms with Crippen molar-refractivity contribution in [3.05, 3.63) is 0 Å². The summed E-state index contributed by atoms with van der Waals surface area (Å²) in [5.74, 6) is -0.280. The highest BCUT2D eigenvalue weighted by atomic mass is 16.5. The van der Waals surface area contributed by atoms with Gasteiger partial charge in [0.05, 0.1) is 12.7 Å². The normalized spacial score (nSPS) is 12.6. The molecule has 0 saturated carbocycles. The number of hydrogen-bond donors (Lipinski definition) is 1. The van der Waals surface area contributed by atoms with Crippen molar-refractivity contribution in [1.82, 2.24) is 0 Å². The summed E-state index contributed by atoms with van der Waals surface area (Å²) in [5.41, 5.74) is 0. The van der Waals surface area contributed by atoms with Crippen LogP contribution in [0.4, 0.5) is 0 Å². The van der Waals surface area contributed by atoms with Crippen molar-refractivity contribution in [1.29, 1.82) is 0 Å². The van der Waals surface area contributed by atoms with Crippen molar-refractivity contribution in [3.8, 4) is 0 Å². The van der Waals surface area contributed by atoms with Gasteiger partial charge in [0.2, 0.25) is 0 Å².